The zero-order valence-corrected chi connectivity index (χ0v) is 27.3. The molecule has 1 aromatic heterocycles. The Balaban J connectivity index is 1.30. The standard InChI is InChI=1S/C35H31ClN4O6S/c1-22-31(34(43)40(39(22)2)25-14-8-5-9-15-25)38-30(41)21-47-29-17-11-10-16-26(29)35(44)46-32(23-12-6-4-7-13-23)33(42)37-24-18-19-28(45-3)27(36)20-24/h4-20,32H,21H2,1-3H3,(H,37,42)(H,38,41)/t32-/m1/s1. The van der Waals surface area contributed by atoms with Gasteiger partial charge in [-0.05, 0) is 49.4 Å². The first-order chi connectivity index (χ1) is 22.7. The van der Waals surface area contributed by atoms with Crippen molar-refractivity contribution in [2.75, 3.05) is 23.5 Å². The van der Waals surface area contributed by atoms with Crippen LogP contribution in [-0.4, -0.2) is 40.0 Å². The fourth-order valence-corrected chi connectivity index (χ4v) is 5.91. The largest absolute Gasteiger partial charge is 0.495 e. The Hall–Kier alpha value is -5.26. The Morgan fingerprint density at radius 3 is 2.23 bits per heavy atom. The van der Waals surface area contributed by atoms with Crippen LogP contribution >= 0.6 is 23.4 Å². The van der Waals surface area contributed by atoms with Gasteiger partial charge in [0, 0.05) is 23.2 Å². The number of nitrogens with one attached hydrogen (secondary N) is 2. The average molecular weight is 671 g/mol. The van der Waals surface area contributed by atoms with Gasteiger partial charge in [0.05, 0.1) is 34.8 Å². The quantitative estimate of drug-likeness (QED) is 0.123. The first kappa shape index (κ1) is 33.1. The van der Waals surface area contributed by atoms with E-state index in [0.717, 1.165) is 11.8 Å². The SMILES string of the molecule is COc1ccc(NC(=O)[C@H](OC(=O)c2ccccc2SCC(=O)Nc2c(C)n(C)n(-c3ccccc3)c2=O)c2ccccc2)cc1Cl. The Morgan fingerprint density at radius 2 is 1.55 bits per heavy atom. The van der Waals surface area contributed by atoms with Crippen molar-refractivity contribution in [2.45, 2.75) is 17.9 Å². The van der Waals surface area contributed by atoms with E-state index in [9.17, 15) is 19.2 Å². The summed E-state index contributed by atoms with van der Waals surface area (Å²) in [5.41, 5.74) is 2.09. The maximum Gasteiger partial charge on any atom is 0.340 e. The zero-order valence-electron chi connectivity index (χ0n) is 25.7. The Kier molecular flexibility index (Phi) is 10.5. The van der Waals surface area contributed by atoms with E-state index in [1.54, 1.807) is 97.5 Å². The van der Waals surface area contributed by atoms with Crippen molar-refractivity contribution in [3.05, 3.63) is 135 Å². The minimum atomic E-state index is -1.29. The first-order valence-corrected chi connectivity index (χ1v) is 15.8. The molecule has 5 aromatic rings. The number of methoxy groups -OCH3 is 1. The van der Waals surface area contributed by atoms with Gasteiger partial charge in [-0.15, -0.1) is 11.8 Å². The summed E-state index contributed by atoms with van der Waals surface area (Å²) in [6, 6.07) is 29.1. The number of thioether (sulfide) groups is 1. The lowest BCUT2D eigenvalue weighted by Gasteiger charge is -2.19. The number of hydrogen-bond acceptors (Lipinski definition) is 7. The molecule has 10 nitrogen and oxygen atoms in total. The van der Waals surface area contributed by atoms with Crippen LogP contribution in [0.5, 0.6) is 5.75 Å². The van der Waals surface area contributed by atoms with Gasteiger partial charge < -0.3 is 20.1 Å². The van der Waals surface area contributed by atoms with Crippen LogP contribution in [-0.2, 0) is 21.4 Å². The molecule has 0 aliphatic carbocycles. The molecule has 1 heterocycles. The molecule has 2 N–H and O–H groups in total. The van der Waals surface area contributed by atoms with Gasteiger partial charge in [0.15, 0.2) is 0 Å². The highest BCUT2D eigenvalue weighted by molar-refractivity contribution is 8.00. The molecule has 4 aromatic carbocycles. The number of carbonyl (C=O) groups is 3. The highest BCUT2D eigenvalue weighted by Gasteiger charge is 2.27. The van der Waals surface area contributed by atoms with E-state index in [0.29, 0.717) is 38.3 Å². The zero-order chi connectivity index (χ0) is 33.5. The van der Waals surface area contributed by atoms with Gasteiger partial charge in [-0.3, -0.25) is 19.1 Å². The van der Waals surface area contributed by atoms with Crippen molar-refractivity contribution in [3.8, 4) is 11.4 Å². The maximum absolute atomic E-state index is 13.5. The van der Waals surface area contributed by atoms with Crippen molar-refractivity contribution in [1.29, 1.82) is 0 Å². The summed E-state index contributed by atoms with van der Waals surface area (Å²) in [6.45, 7) is 1.75. The lowest BCUT2D eigenvalue weighted by Crippen LogP contribution is -2.26. The van der Waals surface area contributed by atoms with E-state index in [-0.39, 0.29) is 22.6 Å². The Bertz CT molecular complexity index is 1980. The number of halogens is 1. The molecule has 47 heavy (non-hydrogen) atoms. The molecule has 0 aliphatic heterocycles. The number of esters is 1. The molecule has 0 spiro atoms. The number of rotatable bonds is 11. The van der Waals surface area contributed by atoms with Crippen molar-refractivity contribution < 1.29 is 23.9 Å². The molecule has 0 saturated carbocycles. The average Bonchev–Trinajstić information content (AvgIpc) is 3.29. The fraction of sp³-hybridized carbons (Fsp3) is 0.143. The monoisotopic (exact) mass is 670 g/mol. The minimum Gasteiger partial charge on any atom is -0.495 e. The summed E-state index contributed by atoms with van der Waals surface area (Å²) in [4.78, 5) is 53.7. The molecule has 0 fully saturated rings. The molecular weight excluding hydrogens is 640 g/mol. The predicted octanol–water partition coefficient (Wildman–Crippen LogP) is 6.41. The third-order valence-corrected chi connectivity index (χ3v) is 8.64. The molecule has 1 atom stereocenters. The number of anilines is 2. The molecule has 0 bridgehead atoms. The molecule has 2 amide bonds. The van der Waals surface area contributed by atoms with Crippen LogP contribution in [0.3, 0.4) is 0 Å². The molecule has 240 valence electrons. The minimum absolute atomic E-state index is 0.0930. The number of aromatic nitrogens is 2. The van der Waals surface area contributed by atoms with Gasteiger partial charge in [-0.1, -0.05) is 72.3 Å². The lowest BCUT2D eigenvalue weighted by molar-refractivity contribution is -0.125. The van der Waals surface area contributed by atoms with E-state index in [2.05, 4.69) is 10.6 Å². The van der Waals surface area contributed by atoms with Crippen molar-refractivity contribution in [1.82, 2.24) is 9.36 Å². The first-order valence-electron chi connectivity index (χ1n) is 14.4. The molecule has 12 heteroatoms. The van der Waals surface area contributed by atoms with Gasteiger partial charge in [0.2, 0.25) is 12.0 Å². The van der Waals surface area contributed by atoms with E-state index in [1.807, 2.05) is 18.2 Å². The second kappa shape index (κ2) is 14.9. The number of hydrogen-bond donors (Lipinski definition) is 2. The molecular formula is C35H31ClN4O6S. The third kappa shape index (κ3) is 7.59. The highest BCUT2D eigenvalue weighted by Crippen LogP contribution is 2.30. The molecule has 0 radical (unpaired) electrons. The number of nitrogens with zero attached hydrogens (tertiary/aromatic N) is 2. The van der Waals surface area contributed by atoms with Crippen molar-refractivity contribution in [2.24, 2.45) is 7.05 Å². The van der Waals surface area contributed by atoms with Crippen LogP contribution in [0.2, 0.25) is 5.02 Å². The molecule has 0 aliphatic rings. The normalized spacial score (nSPS) is 11.4. The van der Waals surface area contributed by atoms with Crippen LogP contribution in [0.15, 0.2) is 113 Å². The van der Waals surface area contributed by atoms with Crippen molar-refractivity contribution >= 4 is 52.5 Å². The Morgan fingerprint density at radius 1 is 0.894 bits per heavy atom. The van der Waals surface area contributed by atoms with Crippen LogP contribution in [0.1, 0.15) is 27.7 Å². The van der Waals surface area contributed by atoms with E-state index in [4.69, 9.17) is 21.1 Å². The second-order valence-electron chi connectivity index (χ2n) is 10.3. The van der Waals surface area contributed by atoms with Crippen LogP contribution < -0.4 is 20.9 Å². The molecule has 0 unspecified atom stereocenters. The summed E-state index contributed by atoms with van der Waals surface area (Å²) in [7, 11) is 3.23. The molecule has 5 rings (SSSR count). The van der Waals surface area contributed by atoms with Gasteiger partial charge in [0.1, 0.15) is 11.4 Å². The van der Waals surface area contributed by atoms with Crippen molar-refractivity contribution in [3.63, 3.8) is 0 Å². The topological polar surface area (TPSA) is 121 Å². The van der Waals surface area contributed by atoms with E-state index < -0.39 is 23.9 Å². The van der Waals surface area contributed by atoms with Crippen LogP contribution in [0.25, 0.3) is 5.69 Å². The van der Waals surface area contributed by atoms with Gasteiger partial charge in [-0.2, -0.15) is 0 Å². The third-order valence-electron chi connectivity index (χ3n) is 7.27. The van der Waals surface area contributed by atoms with Gasteiger partial charge in [0.25, 0.3) is 11.5 Å². The van der Waals surface area contributed by atoms with E-state index in [1.165, 1.54) is 17.9 Å². The van der Waals surface area contributed by atoms with Gasteiger partial charge in [-0.25, -0.2) is 9.48 Å². The number of carbonyl (C=O) groups excluding carboxylic acids is 3. The summed E-state index contributed by atoms with van der Waals surface area (Å²) < 4.78 is 14.1. The maximum atomic E-state index is 13.5. The summed E-state index contributed by atoms with van der Waals surface area (Å²) >= 11 is 7.33. The number of amides is 2. The second-order valence-corrected chi connectivity index (χ2v) is 11.7. The smallest absolute Gasteiger partial charge is 0.340 e. The summed E-state index contributed by atoms with van der Waals surface area (Å²) in [6.07, 6.45) is -1.29. The summed E-state index contributed by atoms with van der Waals surface area (Å²) in [5, 5.41) is 5.78. The van der Waals surface area contributed by atoms with Gasteiger partial charge >= 0.3 is 5.97 Å². The summed E-state index contributed by atoms with van der Waals surface area (Å²) in [5.74, 6) is -1.42. The lowest BCUT2D eigenvalue weighted by atomic mass is 10.1. The highest BCUT2D eigenvalue weighted by atomic mass is 35.5. The van der Waals surface area contributed by atoms with E-state index >= 15 is 0 Å². The number of ether oxygens (including phenoxy) is 2. The van der Waals surface area contributed by atoms with Crippen LogP contribution in [0.4, 0.5) is 11.4 Å². The fourth-order valence-electron chi connectivity index (χ4n) is 4.82. The molecule has 0 saturated heterocycles. The number of benzene rings is 4. The Labute approximate surface area is 280 Å². The van der Waals surface area contributed by atoms with Crippen LogP contribution in [0, 0.1) is 6.92 Å². The predicted molar refractivity (Wildman–Crippen MR) is 183 cm³/mol. The number of para-hydroxylation sites is 1.